The molecule has 0 heterocycles. The first kappa shape index (κ1) is 22.2. The third-order valence-corrected chi connectivity index (χ3v) is 4.26. The molecule has 0 aliphatic rings. The Balaban J connectivity index is 1.92. The number of ether oxygens (including phenoxy) is 1. The highest BCUT2D eigenvalue weighted by molar-refractivity contribution is 6.30. The summed E-state index contributed by atoms with van der Waals surface area (Å²) >= 11 is 5.81. The summed E-state index contributed by atoms with van der Waals surface area (Å²) in [7, 11) is 0. The molecule has 2 atom stereocenters. The van der Waals surface area contributed by atoms with Crippen molar-refractivity contribution in [2.75, 3.05) is 10.6 Å². The van der Waals surface area contributed by atoms with Gasteiger partial charge in [0.2, 0.25) is 0 Å². The first-order chi connectivity index (χ1) is 13.8. The van der Waals surface area contributed by atoms with Crippen LogP contribution >= 0.6 is 11.6 Å². The first-order valence-electron chi connectivity index (χ1n) is 9.15. The van der Waals surface area contributed by atoms with Gasteiger partial charge in [-0.1, -0.05) is 43.6 Å². The number of nitrogens with one attached hydrogen (secondary N) is 3. The van der Waals surface area contributed by atoms with Crippen molar-refractivity contribution in [3.63, 3.8) is 0 Å². The zero-order valence-corrected chi connectivity index (χ0v) is 17.2. The smallest absolute Gasteiger partial charge is 0.329 e. The molecule has 0 saturated heterocycles. The van der Waals surface area contributed by atoms with Crippen molar-refractivity contribution in [2.45, 2.75) is 32.9 Å². The topological polar surface area (TPSA) is 96.5 Å². The Kier molecular flexibility index (Phi) is 8.03. The zero-order valence-electron chi connectivity index (χ0n) is 16.4. The largest absolute Gasteiger partial charge is 0.451 e. The van der Waals surface area contributed by atoms with Crippen LogP contribution in [0, 0.1) is 5.92 Å². The van der Waals surface area contributed by atoms with Gasteiger partial charge in [0.1, 0.15) is 6.04 Å². The molecule has 0 spiro atoms. The van der Waals surface area contributed by atoms with Crippen LogP contribution in [0.15, 0.2) is 54.6 Å². The summed E-state index contributed by atoms with van der Waals surface area (Å²) in [6.07, 6.45) is -1.04. The van der Waals surface area contributed by atoms with Crippen LogP contribution in [0.2, 0.25) is 5.02 Å². The number of hydrogen-bond donors (Lipinski definition) is 3. The molecule has 7 nitrogen and oxygen atoms in total. The van der Waals surface area contributed by atoms with Gasteiger partial charge in [0.05, 0.1) is 0 Å². The van der Waals surface area contributed by atoms with E-state index in [2.05, 4.69) is 16.0 Å². The number of carbonyl (C=O) groups is 3. The standard InChI is InChI=1S/C21H24ClN3O4/c1-13(2)18(25-21(28)24-16-7-5-4-6-8-16)20(27)29-14(3)19(26)23-17-11-9-15(22)10-12-17/h4-14,18H,1-3H3,(H,23,26)(H2,24,25,28)/t14-,18-/m0/s1. The van der Waals surface area contributed by atoms with E-state index in [-0.39, 0.29) is 5.92 Å². The van der Waals surface area contributed by atoms with E-state index in [0.29, 0.717) is 16.4 Å². The van der Waals surface area contributed by atoms with Crippen LogP contribution in [0.5, 0.6) is 0 Å². The minimum absolute atomic E-state index is 0.240. The molecule has 0 bridgehead atoms. The average Bonchev–Trinajstić information content (AvgIpc) is 2.68. The van der Waals surface area contributed by atoms with Crippen molar-refractivity contribution in [3.05, 3.63) is 59.6 Å². The molecular formula is C21H24ClN3O4. The third kappa shape index (κ3) is 7.12. The van der Waals surface area contributed by atoms with E-state index in [1.54, 1.807) is 62.4 Å². The molecule has 2 aromatic rings. The second kappa shape index (κ2) is 10.5. The molecule has 8 heteroatoms. The van der Waals surface area contributed by atoms with Crippen LogP contribution in [0.4, 0.5) is 16.2 Å². The van der Waals surface area contributed by atoms with Crippen molar-refractivity contribution < 1.29 is 19.1 Å². The number of amides is 3. The summed E-state index contributed by atoms with van der Waals surface area (Å²) in [5.41, 5.74) is 1.12. The van der Waals surface area contributed by atoms with E-state index in [4.69, 9.17) is 16.3 Å². The van der Waals surface area contributed by atoms with E-state index < -0.39 is 30.1 Å². The summed E-state index contributed by atoms with van der Waals surface area (Å²) in [6.45, 7) is 5.00. The molecule has 0 saturated carbocycles. The number of para-hydroxylation sites is 1. The Bertz CT molecular complexity index is 841. The number of hydrogen-bond acceptors (Lipinski definition) is 4. The number of carbonyl (C=O) groups excluding carboxylic acids is 3. The van der Waals surface area contributed by atoms with Crippen LogP contribution in [0.3, 0.4) is 0 Å². The van der Waals surface area contributed by atoms with Crippen LogP contribution in [0.1, 0.15) is 20.8 Å². The molecule has 0 aliphatic heterocycles. The summed E-state index contributed by atoms with van der Waals surface area (Å²) in [5.74, 6) is -1.42. The minimum atomic E-state index is -1.04. The molecule has 29 heavy (non-hydrogen) atoms. The Morgan fingerprint density at radius 3 is 2.03 bits per heavy atom. The fourth-order valence-corrected chi connectivity index (χ4v) is 2.53. The highest BCUT2D eigenvalue weighted by atomic mass is 35.5. The van der Waals surface area contributed by atoms with Gasteiger partial charge in [-0.2, -0.15) is 0 Å². The third-order valence-electron chi connectivity index (χ3n) is 4.01. The lowest BCUT2D eigenvalue weighted by molar-refractivity contribution is -0.156. The molecular weight excluding hydrogens is 394 g/mol. The van der Waals surface area contributed by atoms with Crippen molar-refractivity contribution >= 4 is 40.9 Å². The fourth-order valence-electron chi connectivity index (χ4n) is 2.41. The van der Waals surface area contributed by atoms with Gasteiger partial charge in [-0.25, -0.2) is 9.59 Å². The molecule has 0 aromatic heterocycles. The number of benzene rings is 2. The predicted octanol–water partition coefficient (Wildman–Crippen LogP) is 4.06. The zero-order chi connectivity index (χ0) is 21.4. The quantitative estimate of drug-likeness (QED) is 0.592. The van der Waals surface area contributed by atoms with Crippen molar-refractivity contribution in [1.29, 1.82) is 0 Å². The minimum Gasteiger partial charge on any atom is -0.451 e. The molecule has 0 unspecified atom stereocenters. The molecule has 3 amide bonds. The molecule has 154 valence electrons. The van der Waals surface area contributed by atoms with Gasteiger partial charge < -0.3 is 20.7 Å². The maximum atomic E-state index is 12.5. The lowest BCUT2D eigenvalue weighted by atomic mass is 10.0. The van der Waals surface area contributed by atoms with E-state index in [1.165, 1.54) is 6.92 Å². The van der Waals surface area contributed by atoms with Gasteiger partial charge >= 0.3 is 12.0 Å². The van der Waals surface area contributed by atoms with Gasteiger partial charge in [-0.15, -0.1) is 0 Å². The molecule has 0 aliphatic carbocycles. The van der Waals surface area contributed by atoms with Crippen LogP contribution < -0.4 is 16.0 Å². The second-order valence-electron chi connectivity index (χ2n) is 6.76. The monoisotopic (exact) mass is 417 g/mol. The Morgan fingerprint density at radius 1 is 0.862 bits per heavy atom. The Labute approximate surface area is 174 Å². The summed E-state index contributed by atoms with van der Waals surface area (Å²) in [5, 5.41) is 8.43. The van der Waals surface area contributed by atoms with Crippen LogP contribution in [-0.2, 0) is 14.3 Å². The molecule has 2 aromatic carbocycles. The number of urea groups is 1. The van der Waals surface area contributed by atoms with Gasteiger partial charge in [0.15, 0.2) is 6.10 Å². The highest BCUT2D eigenvalue weighted by Crippen LogP contribution is 2.14. The Morgan fingerprint density at radius 2 is 1.45 bits per heavy atom. The molecule has 2 rings (SSSR count). The maximum absolute atomic E-state index is 12.5. The molecule has 0 radical (unpaired) electrons. The van der Waals surface area contributed by atoms with E-state index >= 15 is 0 Å². The number of esters is 1. The van der Waals surface area contributed by atoms with Crippen LogP contribution in [-0.4, -0.2) is 30.1 Å². The summed E-state index contributed by atoms with van der Waals surface area (Å²) < 4.78 is 5.26. The van der Waals surface area contributed by atoms with E-state index in [1.807, 2.05) is 6.07 Å². The van der Waals surface area contributed by atoms with Gasteiger partial charge in [0, 0.05) is 16.4 Å². The SMILES string of the molecule is CC(C)[C@H](NC(=O)Nc1ccccc1)C(=O)O[C@@H](C)C(=O)Nc1ccc(Cl)cc1. The number of anilines is 2. The summed E-state index contributed by atoms with van der Waals surface area (Å²) in [4.78, 5) is 37.0. The maximum Gasteiger partial charge on any atom is 0.329 e. The average molecular weight is 418 g/mol. The predicted molar refractivity (Wildman–Crippen MR) is 113 cm³/mol. The number of halogens is 1. The van der Waals surface area contributed by atoms with Crippen LogP contribution in [0.25, 0.3) is 0 Å². The second-order valence-corrected chi connectivity index (χ2v) is 7.20. The van der Waals surface area contributed by atoms with Gasteiger partial charge in [-0.3, -0.25) is 4.79 Å². The highest BCUT2D eigenvalue weighted by Gasteiger charge is 2.29. The lowest BCUT2D eigenvalue weighted by Gasteiger charge is -2.23. The van der Waals surface area contributed by atoms with E-state index in [0.717, 1.165) is 0 Å². The summed E-state index contributed by atoms with van der Waals surface area (Å²) in [6, 6.07) is 14.0. The van der Waals surface area contributed by atoms with Crippen molar-refractivity contribution in [1.82, 2.24) is 5.32 Å². The van der Waals surface area contributed by atoms with Gasteiger partial charge in [-0.05, 0) is 49.2 Å². The van der Waals surface area contributed by atoms with Crippen molar-refractivity contribution in [3.8, 4) is 0 Å². The Hall–Kier alpha value is -3.06. The molecule has 0 fully saturated rings. The fraction of sp³-hybridized carbons (Fsp3) is 0.286. The molecule has 3 N–H and O–H groups in total. The lowest BCUT2D eigenvalue weighted by Crippen LogP contribution is -2.48. The van der Waals surface area contributed by atoms with Gasteiger partial charge in [0.25, 0.3) is 5.91 Å². The number of rotatable bonds is 7. The van der Waals surface area contributed by atoms with Crippen molar-refractivity contribution in [2.24, 2.45) is 5.92 Å². The normalized spacial score (nSPS) is 12.6. The first-order valence-corrected chi connectivity index (χ1v) is 9.53. The van der Waals surface area contributed by atoms with E-state index in [9.17, 15) is 14.4 Å².